The van der Waals surface area contributed by atoms with Crippen LogP contribution in [-0.2, 0) is 5.41 Å². The van der Waals surface area contributed by atoms with Crippen molar-refractivity contribution in [3.8, 4) is 27.9 Å². The zero-order chi connectivity index (χ0) is 35.5. The highest BCUT2D eigenvalue weighted by Gasteiger charge is 2.40. The highest BCUT2D eigenvalue weighted by Crippen LogP contribution is 2.52. The van der Waals surface area contributed by atoms with E-state index in [2.05, 4.69) is 211 Å². The maximum absolute atomic E-state index is 2.55. The fourth-order valence-electron chi connectivity index (χ4n) is 8.91. The molecule has 0 aliphatic heterocycles. The van der Waals surface area contributed by atoms with Crippen LogP contribution in [0.5, 0.6) is 0 Å². The summed E-state index contributed by atoms with van der Waals surface area (Å²) in [6, 6.07) is 64.4. The second-order valence-corrected chi connectivity index (χ2v) is 14.9. The van der Waals surface area contributed by atoms with Gasteiger partial charge in [-0.15, -0.1) is 0 Å². The normalized spacial score (nSPS) is 15.8. The van der Waals surface area contributed by atoms with Crippen molar-refractivity contribution in [1.82, 2.24) is 4.57 Å². The van der Waals surface area contributed by atoms with Gasteiger partial charge in [-0.25, -0.2) is 0 Å². The van der Waals surface area contributed by atoms with Crippen molar-refractivity contribution in [2.24, 2.45) is 0 Å². The van der Waals surface area contributed by atoms with Gasteiger partial charge >= 0.3 is 0 Å². The van der Waals surface area contributed by atoms with E-state index in [-0.39, 0.29) is 11.5 Å². The third kappa shape index (κ3) is 5.17. The lowest BCUT2D eigenvalue weighted by Gasteiger charge is -2.36. The average molecular weight is 681 g/mol. The highest BCUT2D eigenvalue weighted by molar-refractivity contribution is 6.10. The topological polar surface area (TPSA) is 8.17 Å². The minimum absolute atomic E-state index is 0.0508. The number of anilines is 2. The van der Waals surface area contributed by atoms with Crippen molar-refractivity contribution in [3.05, 3.63) is 205 Å². The van der Waals surface area contributed by atoms with E-state index in [9.17, 15) is 0 Å². The van der Waals surface area contributed by atoms with Gasteiger partial charge in [-0.1, -0.05) is 147 Å². The molecular formula is C51H40N2. The minimum Gasteiger partial charge on any atom is -0.334 e. The Balaban J connectivity index is 1.06. The van der Waals surface area contributed by atoms with Crippen molar-refractivity contribution in [1.29, 1.82) is 0 Å². The monoisotopic (exact) mass is 680 g/mol. The average Bonchev–Trinajstić information content (AvgIpc) is 3.67. The lowest BCUT2D eigenvalue weighted by molar-refractivity contribution is 0.644. The van der Waals surface area contributed by atoms with Gasteiger partial charge in [-0.3, -0.25) is 0 Å². The maximum atomic E-state index is 2.55. The SMILES string of the molecule is CC1(C)C2=CC(N(c3ccc(-c4ccc5c(c4)c4ccccc4n5-c4ccccc4)cc3)c3cccc(-c4ccccc4)c3)CC=C2c2ccccc21. The van der Waals surface area contributed by atoms with Crippen LogP contribution in [0.15, 0.2) is 194 Å². The molecule has 10 rings (SSSR count). The van der Waals surface area contributed by atoms with E-state index < -0.39 is 0 Å². The van der Waals surface area contributed by atoms with Gasteiger partial charge in [0.1, 0.15) is 0 Å². The Bertz CT molecular complexity index is 2710. The number of aromatic nitrogens is 1. The molecule has 1 aromatic heterocycles. The Kier molecular flexibility index (Phi) is 7.33. The molecule has 0 N–H and O–H groups in total. The molecule has 1 heterocycles. The Morgan fingerprint density at radius 1 is 0.528 bits per heavy atom. The van der Waals surface area contributed by atoms with Crippen molar-refractivity contribution in [2.45, 2.75) is 31.7 Å². The van der Waals surface area contributed by atoms with Gasteiger partial charge in [0, 0.05) is 33.2 Å². The first-order valence-electron chi connectivity index (χ1n) is 18.7. The molecule has 254 valence electrons. The Labute approximate surface area is 311 Å². The first-order chi connectivity index (χ1) is 26.0. The quantitative estimate of drug-likeness (QED) is 0.170. The molecule has 0 spiro atoms. The molecule has 1 unspecified atom stereocenters. The first-order valence-corrected chi connectivity index (χ1v) is 18.7. The molecule has 53 heavy (non-hydrogen) atoms. The van der Waals surface area contributed by atoms with E-state index in [1.54, 1.807) is 0 Å². The van der Waals surface area contributed by atoms with E-state index in [0.29, 0.717) is 0 Å². The van der Waals surface area contributed by atoms with Crippen LogP contribution in [0.25, 0.3) is 55.3 Å². The summed E-state index contributed by atoms with van der Waals surface area (Å²) >= 11 is 0. The van der Waals surface area contributed by atoms with Crippen LogP contribution in [-0.4, -0.2) is 10.6 Å². The molecule has 0 amide bonds. The number of rotatable bonds is 6. The summed E-state index contributed by atoms with van der Waals surface area (Å²) < 4.78 is 2.38. The molecule has 2 aliphatic rings. The smallest absolute Gasteiger partial charge is 0.0563 e. The second-order valence-electron chi connectivity index (χ2n) is 14.9. The van der Waals surface area contributed by atoms with E-state index in [0.717, 1.165) is 6.42 Å². The fraction of sp³-hybridized carbons (Fsp3) is 0.0980. The molecule has 1 atom stereocenters. The van der Waals surface area contributed by atoms with Crippen LogP contribution in [0.2, 0.25) is 0 Å². The summed E-state index contributed by atoms with van der Waals surface area (Å²) in [5, 5.41) is 2.53. The van der Waals surface area contributed by atoms with Crippen LogP contribution in [0.1, 0.15) is 31.4 Å². The lowest BCUT2D eigenvalue weighted by atomic mass is 9.79. The van der Waals surface area contributed by atoms with Crippen LogP contribution in [0.3, 0.4) is 0 Å². The fourth-order valence-corrected chi connectivity index (χ4v) is 8.91. The number of hydrogen-bond acceptors (Lipinski definition) is 1. The highest BCUT2D eigenvalue weighted by atomic mass is 15.2. The lowest BCUT2D eigenvalue weighted by Crippen LogP contribution is -2.32. The third-order valence-electron chi connectivity index (χ3n) is 11.5. The number of hydrogen-bond donors (Lipinski definition) is 0. The predicted octanol–water partition coefficient (Wildman–Crippen LogP) is 13.3. The molecule has 0 saturated carbocycles. The molecular weight excluding hydrogens is 641 g/mol. The van der Waals surface area contributed by atoms with Crippen molar-refractivity contribution in [2.75, 3.05) is 4.90 Å². The number of para-hydroxylation sites is 2. The first kappa shape index (κ1) is 31.4. The molecule has 2 heteroatoms. The molecule has 0 saturated heterocycles. The van der Waals surface area contributed by atoms with Gasteiger partial charge in [0.2, 0.25) is 0 Å². The van der Waals surface area contributed by atoms with Gasteiger partial charge in [-0.05, 0) is 106 Å². The zero-order valence-corrected chi connectivity index (χ0v) is 30.1. The van der Waals surface area contributed by atoms with E-state index in [1.165, 1.54) is 83.4 Å². The molecule has 7 aromatic carbocycles. The van der Waals surface area contributed by atoms with Gasteiger partial charge < -0.3 is 9.47 Å². The molecule has 0 bridgehead atoms. The van der Waals surface area contributed by atoms with Gasteiger partial charge in [0.25, 0.3) is 0 Å². The minimum atomic E-state index is -0.0508. The molecule has 2 aliphatic carbocycles. The third-order valence-corrected chi connectivity index (χ3v) is 11.5. The summed E-state index contributed by atoms with van der Waals surface area (Å²) in [7, 11) is 0. The van der Waals surface area contributed by atoms with Crippen LogP contribution in [0, 0.1) is 0 Å². The van der Waals surface area contributed by atoms with Crippen molar-refractivity contribution in [3.63, 3.8) is 0 Å². The summed E-state index contributed by atoms with van der Waals surface area (Å²) in [6.45, 7) is 4.76. The van der Waals surface area contributed by atoms with Gasteiger partial charge in [0.15, 0.2) is 0 Å². The van der Waals surface area contributed by atoms with Gasteiger partial charge in [-0.2, -0.15) is 0 Å². The molecule has 2 nitrogen and oxygen atoms in total. The summed E-state index contributed by atoms with van der Waals surface area (Å²) in [5.41, 5.74) is 16.5. The van der Waals surface area contributed by atoms with E-state index in [1.807, 2.05) is 0 Å². The number of fused-ring (bicyclic) bond motifs is 6. The standard InChI is InChI=1S/C51H40N2/c1-51(2)47-22-11-9-20-43(47)44-30-29-42(34-48(44)51)52(41-19-13-16-37(32-41)35-14-5-3-6-15-35)40-27-24-36(25-28-40)38-26-31-50-46(33-38)45-21-10-12-23-49(45)53(50)39-17-7-4-8-18-39/h3-28,30-34,42H,29H2,1-2H3. The van der Waals surface area contributed by atoms with Crippen molar-refractivity contribution < 1.29 is 0 Å². The van der Waals surface area contributed by atoms with Crippen LogP contribution < -0.4 is 4.90 Å². The Morgan fingerprint density at radius 3 is 2.00 bits per heavy atom. The summed E-state index contributed by atoms with van der Waals surface area (Å²) in [5.74, 6) is 0. The molecule has 8 aromatic rings. The maximum Gasteiger partial charge on any atom is 0.0563 e. The number of allylic oxidation sites excluding steroid dienone is 2. The Hall–Kier alpha value is -6.38. The summed E-state index contributed by atoms with van der Waals surface area (Å²) in [6.07, 6.45) is 5.97. The second kappa shape index (κ2) is 12.4. The van der Waals surface area contributed by atoms with Gasteiger partial charge in [0.05, 0.1) is 17.1 Å². The number of nitrogens with zero attached hydrogens (tertiary/aromatic N) is 2. The molecule has 0 fully saturated rings. The van der Waals surface area contributed by atoms with Crippen LogP contribution in [0.4, 0.5) is 11.4 Å². The van der Waals surface area contributed by atoms with E-state index in [4.69, 9.17) is 0 Å². The Morgan fingerprint density at radius 2 is 1.17 bits per heavy atom. The predicted molar refractivity (Wildman–Crippen MR) is 224 cm³/mol. The molecule has 0 radical (unpaired) electrons. The van der Waals surface area contributed by atoms with E-state index >= 15 is 0 Å². The summed E-state index contributed by atoms with van der Waals surface area (Å²) in [4.78, 5) is 2.55. The largest absolute Gasteiger partial charge is 0.334 e. The van der Waals surface area contributed by atoms with Crippen LogP contribution >= 0.6 is 0 Å². The van der Waals surface area contributed by atoms with Crippen molar-refractivity contribution >= 4 is 38.8 Å². The zero-order valence-electron chi connectivity index (χ0n) is 30.1. The number of benzene rings is 7.